The molecule has 0 radical (unpaired) electrons. The summed E-state index contributed by atoms with van der Waals surface area (Å²) in [5.41, 5.74) is 2.66. The molecule has 0 aliphatic rings. The van der Waals surface area contributed by atoms with Crippen LogP contribution in [0.15, 0.2) is 91.0 Å². The third-order valence-electron chi connectivity index (χ3n) is 4.51. The first-order valence-corrected chi connectivity index (χ1v) is 9.44. The van der Waals surface area contributed by atoms with Crippen molar-refractivity contribution < 1.29 is 9.59 Å². The number of hydrogen-bond donors (Lipinski definition) is 2. The first-order chi connectivity index (χ1) is 13.7. The fraction of sp³-hybridized carbons (Fsp3) is 0.167. The molecule has 28 heavy (non-hydrogen) atoms. The molecule has 0 aliphatic heterocycles. The van der Waals surface area contributed by atoms with Gasteiger partial charge >= 0.3 is 0 Å². The predicted molar refractivity (Wildman–Crippen MR) is 111 cm³/mol. The van der Waals surface area contributed by atoms with Gasteiger partial charge in [0.1, 0.15) is 0 Å². The van der Waals surface area contributed by atoms with Crippen LogP contribution in [0.5, 0.6) is 0 Å². The van der Waals surface area contributed by atoms with E-state index in [-0.39, 0.29) is 24.3 Å². The molecular weight excluding hydrogens is 348 g/mol. The Hall–Kier alpha value is -3.40. The fourth-order valence-corrected chi connectivity index (χ4v) is 3.02. The lowest BCUT2D eigenvalue weighted by molar-refractivity contribution is -0.121. The van der Waals surface area contributed by atoms with Crippen molar-refractivity contribution in [2.75, 3.05) is 6.54 Å². The minimum Gasteiger partial charge on any atom is -0.356 e. The summed E-state index contributed by atoms with van der Waals surface area (Å²) in [6.45, 7) is 0.566. The van der Waals surface area contributed by atoms with Crippen LogP contribution in [-0.2, 0) is 11.2 Å². The molecular formula is C24H24N2O2. The lowest BCUT2D eigenvalue weighted by Crippen LogP contribution is -2.34. The molecule has 0 saturated carbocycles. The van der Waals surface area contributed by atoms with E-state index in [1.807, 2.05) is 78.9 Å². The Morgan fingerprint density at radius 3 is 1.96 bits per heavy atom. The molecule has 0 saturated heterocycles. The van der Waals surface area contributed by atoms with Crippen LogP contribution in [0, 0.1) is 0 Å². The van der Waals surface area contributed by atoms with Gasteiger partial charge in [0, 0.05) is 12.1 Å². The van der Waals surface area contributed by atoms with Gasteiger partial charge in [-0.1, -0.05) is 78.9 Å². The Balaban J connectivity index is 1.60. The number of benzene rings is 3. The highest BCUT2D eigenvalue weighted by atomic mass is 16.2. The van der Waals surface area contributed by atoms with Gasteiger partial charge in [-0.2, -0.15) is 0 Å². The van der Waals surface area contributed by atoms with Crippen molar-refractivity contribution in [2.45, 2.75) is 18.9 Å². The Labute approximate surface area is 165 Å². The topological polar surface area (TPSA) is 58.2 Å². The largest absolute Gasteiger partial charge is 0.356 e. The molecule has 3 aromatic carbocycles. The third kappa shape index (κ3) is 5.81. The smallest absolute Gasteiger partial charge is 0.251 e. The molecule has 0 fully saturated rings. The fourth-order valence-electron chi connectivity index (χ4n) is 3.02. The highest BCUT2D eigenvalue weighted by Gasteiger charge is 2.19. The summed E-state index contributed by atoms with van der Waals surface area (Å²) in [7, 11) is 0. The maximum atomic E-state index is 12.6. The zero-order chi connectivity index (χ0) is 19.6. The molecule has 4 heteroatoms. The number of carbonyl (C=O) groups is 2. The first-order valence-electron chi connectivity index (χ1n) is 9.44. The lowest BCUT2D eigenvalue weighted by Gasteiger charge is -2.19. The third-order valence-corrected chi connectivity index (χ3v) is 4.51. The maximum absolute atomic E-state index is 12.6. The van der Waals surface area contributed by atoms with Crippen molar-refractivity contribution in [3.63, 3.8) is 0 Å². The van der Waals surface area contributed by atoms with E-state index in [1.165, 1.54) is 5.56 Å². The van der Waals surface area contributed by atoms with E-state index in [1.54, 1.807) is 12.1 Å². The quantitative estimate of drug-likeness (QED) is 0.630. The Morgan fingerprint density at radius 2 is 1.32 bits per heavy atom. The lowest BCUT2D eigenvalue weighted by atomic mass is 10.0. The average molecular weight is 372 g/mol. The van der Waals surface area contributed by atoms with Crippen molar-refractivity contribution >= 4 is 11.8 Å². The summed E-state index contributed by atoms with van der Waals surface area (Å²) in [6, 6.07) is 28.3. The van der Waals surface area contributed by atoms with Crippen LogP contribution in [0.1, 0.15) is 33.9 Å². The summed E-state index contributed by atoms with van der Waals surface area (Å²) in [5.74, 6) is -0.273. The van der Waals surface area contributed by atoms with Crippen molar-refractivity contribution in [3.8, 4) is 0 Å². The summed E-state index contributed by atoms with van der Waals surface area (Å²) in [5, 5.41) is 5.94. The highest BCUT2D eigenvalue weighted by molar-refractivity contribution is 5.94. The van der Waals surface area contributed by atoms with E-state index < -0.39 is 0 Å². The Bertz CT molecular complexity index is 880. The molecule has 0 unspecified atom stereocenters. The molecule has 0 aliphatic carbocycles. The molecule has 3 rings (SSSR count). The SMILES string of the molecule is O=C(C[C@@H](NC(=O)c1ccccc1)c1ccccc1)NCCc1ccccc1. The number of carbonyl (C=O) groups excluding carboxylic acids is 2. The van der Waals surface area contributed by atoms with E-state index in [4.69, 9.17) is 0 Å². The van der Waals surface area contributed by atoms with Crippen LogP contribution in [0.2, 0.25) is 0 Å². The van der Waals surface area contributed by atoms with Crippen molar-refractivity contribution in [1.82, 2.24) is 10.6 Å². The van der Waals surface area contributed by atoms with Crippen LogP contribution in [0.3, 0.4) is 0 Å². The summed E-state index contributed by atoms with van der Waals surface area (Å²) < 4.78 is 0. The Kier molecular flexibility index (Phi) is 6.96. The van der Waals surface area contributed by atoms with E-state index >= 15 is 0 Å². The molecule has 0 heterocycles. The molecule has 0 spiro atoms. The molecule has 1 atom stereocenters. The van der Waals surface area contributed by atoms with Gasteiger partial charge in [-0.15, -0.1) is 0 Å². The minimum atomic E-state index is -0.384. The van der Waals surface area contributed by atoms with Gasteiger partial charge in [0.05, 0.1) is 12.5 Å². The summed E-state index contributed by atoms with van der Waals surface area (Å²) >= 11 is 0. The summed E-state index contributed by atoms with van der Waals surface area (Å²) in [4.78, 5) is 25.0. The van der Waals surface area contributed by atoms with Gasteiger partial charge in [0.25, 0.3) is 5.91 Å². The molecule has 2 N–H and O–H groups in total. The second-order valence-electron chi connectivity index (χ2n) is 6.59. The zero-order valence-corrected chi connectivity index (χ0v) is 15.7. The van der Waals surface area contributed by atoms with Crippen LogP contribution in [0.25, 0.3) is 0 Å². The predicted octanol–water partition coefficient (Wildman–Crippen LogP) is 3.91. The minimum absolute atomic E-state index is 0.0851. The Morgan fingerprint density at radius 1 is 0.750 bits per heavy atom. The highest BCUT2D eigenvalue weighted by Crippen LogP contribution is 2.17. The molecule has 0 aromatic heterocycles. The van der Waals surface area contributed by atoms with E-state index in [0.717, 1.165) is 12.0 Å². The van der Waals surface area contributed by atoms with Crippen LogP contribution in [0.4, 0.5) is 0 Å². The normalized spacial score (nSPS) is 11.4. The zero-order valence-electron chi connectivity index (χ0n) is 15.7. The van der Waals surface area contributed by atoms with E-state index in [9.17, 15) is 9.59 Å². The molecule has 142 valence electrons. The van der Waals surface area contributed by atoms with Crippen LogP contribution in [-0.4, -0.2) is 18.4 Å². The second-order valence-corrected chi connectivity index (χ2v) is 6.59. The van der Waals surface area contributed by atoms with Gasteiger partial charge in [0.2, 0.25) is 5.91 Å². The van der Waals surface area contributed by atoms with E-state index in [2.05, 4.69) is 10.6 Å². The van der Waals surface area contributed by atoms with Crippen molar-refractivity contribution in [1.29, 1.82) is 0 Å². The first kappa shape index (κ1) is 19.4. The molecule has 4 nitrogen and oxygen atoms in total. The van der Waals surface area contributed by atoms with Crippen molar-refractivity contribution in [2.24, 2.45) is 0 Å². The molecule has 3 aromatic rings. The van der Waals surface area contributed by atoms with Crippen LogP contribution >= 0.6 is 0 Å². The standard InChI is InChI=1S/C24H24N2O2/c27-23(25-17-16-19-10-4-1-5-11-19)18-22(20-12-6-2-7-13-20)26-24(28)21-14-8-3-9-15-21/h1-15,22H,16-18H2,(H,25,27)(H,26,28)/t22-/m1/s1. The van der Waals surface area contributed by atoms with E-state index in [0.29, 0.717) is 12.1 Å². The number of nitrogens with one attached hydrogen (secondary N) is 2. The second kappa shape index (κ2) is 10.1. The van der Waals surface area contributed by atoms with Crippen molar-refractivity contribution in [3.05, 3.63) is 108 Å². The number of amides is 2. The number of rotatable bonds is 8. The van der Waals surface area contributed by atoms with Gasteiger partial charge in [-0.05, 0) is 29.7 Å². The molecule has 2 amide bonds. The number of hydrogen-bond acceptors (Lipinski definition) is 2. The van der Waals surface area contributed by atoms with Gasteiger partial charge in [-0.25, -0.2) is 0 Å². The summed E-state index contributed by atoms with van der Waals surface area (Å²) in [6.07, 6.45) is 0.969. The average Bonchev–Trinajstić information content (AvgIpc) is 2.75. The van der Waals surface area contributed by atoms with Gasteiger partial charge in [-0.3, -0.25) is 9.59 Å². The maximum Gasteiger partial charge on any atom is 0.251 e. The monoisotopic (exact) mass is 372 g/mol. The van der Waals surface area contributed by atoms with Gasteiger partial charge in [0.15, 0.2) is 0 Å². The molecule has 0 bridgehead atoms. The van der Waals surface area contributed by atoms with Gasteiger partial charge < -0.3 is 10.6 Å². The van der Waals surface area contributed by atoms with Crippen LogP contribution < -0.4 is 10.6 Å².